The van der Waals surface area contributed by atoms with Crippen LogP contribution in [0.4, 0.5) is 4.79 Å². The first-order chi connectivity index (χ1) is 13.2. The average Bonchev–Trinajstić information content (AvgIpc) is 2.63. The third kappa shape index (κ3) is 7.72. The van der Waals surface area contributed by atoms with Gasteiger partial charge in [0.25, 0.3) is 0 Å². The van der Waals surface area contributed by atoms with Gasteiger partial charge in [-0.15, -0.1) is 0 Å². The molecule has 0 fully saturated rings. The fourth-order valence-corrected chi connectivity index (χ4v) is 3.01. The average molecular weight is 448 g/mol. The third-order valence-electron chi connectivity index (χ3n) is 3.86. The lowest BCUT2D eigenvalue weighted by Crippen LogP contribution is -2.44. The number of rotatable bonds is 7. The number of carbonyl (C=O) groups is 2. The van der Waals surface area contributed by atoms with E-state index in [9.17, 15) is 9.59 Å². The van der Waals surface area contributed by atoms with E-state index >= 15 is 0 Å². The van der Waals surface area contributed by atoms with Crippen LogP contribution in [-0.4, -0.2) is 23.7 Å². The van der Waals surface area contributed by atoms with Crippen LogP contribution in [0.1, 0.15) is 38.3 Å². The summed E-state index contributed by atoms with van der Waals surface area (Å²) in [7, 11) is 0. The maximum absolute atomic E-state index is 12.6. The van der Waals surface area contributed by atoms with Gasteiger partial charge in [0.15, 0.2) is 0 Å². The highest BCUT2D eigenvalue weighted by Gasteiger charge is 2.25. The van der Waals surface area contributed by atoms with Crippen LogP contribution >= 0.6 is 15.9 Å². The molecule has 0 aromatic heterocycles. The third-order valence-corrected chi connectivity index (χ3v) is 4.63. The van der Waals surface area contributed by atoms with Crippen molar-refractivity contribution in [3.63, 3.8) is 0 Å². The van der Waals surface area contributed by atoms with Crippen molar-refractivity contribution in [2.75, 3.05) is 0 Å². The molecule has 6 heteroatoms. The van der Waals surface area contributed by atoms with Crippen molar-refractivity contribution in [2.24, 2.45) is 0 Å². The molecule has 1 atom stereocenters. The van der Waals surface area contributed by atoms with Gasteiger partial charge in [-0.1, -0.05) is 64.5 Å². The molecule has 1 N–H and O–H groups in total. The van der Waals surface area contributed by atoms with E-state index in [-0.39, 0.29) is 6.61 Å². The predicted octanol–water partition coefficient (Wildman–Crippen LogP) is 5.02. The zero-order chi connectivity index (χ0) is 20.6. The van der Waals surface area contributed by atoms with Crippen LogP contribution in [0.15, 0.2) is 59.1 Å². The number of aryl methyl sites for hydroxylation is 1. The number of nitrogens with one attached hydrogen (secondary N) is 1. The summed E-state index contributed by atoms with van der Waals surface area (Å²) in [4.78, 5) is 24.8. The van der Waals surface area contributed by atoms with Crippen LogP contribution in [0.2, 0.25) is 0 Å². The first-order valence-corrected chi connectivity index (χ1v) is 9.97. The van der Waals surface area contributed by atoms with Crippen LogP contribution in [0.25, 0.3) is 0 Å². The van der Waals surface area contributed by atoms with Gasteiger partial charge in [0, 0.05) is 4.47 Å². The highest BCUT2D eigenvalue weighted by Crippen LogP contribution is 2.19. The smallest absolute Gasteiger partial charge is 0.408 e. The van der Waals surface area contributed by atoms with E-state index in [2.05, 4.69) is 21.2 Å². The number of alkyl carbamates (subject to hydrolysis) is 1. The first kappa shape index (κ1) is 22.0. The number of carbonyl (C=O) groups excluding carboxylic acids is 2. The van der Waals surface area contributed by atoms with Crippen molar-refractivity contribution in [1.29, 1.82) is 0 Å². The van der Waals surface area contributed by atoms with Crippen LogP contribution in [0.5, 0.6) is 0 Å². The van der Waals surface area contributed by atoms with E-state index in [1.165, 1.54) is 0 Å². The summed E-state index contributed by atoms with van der Waals surface area (Å²) in [6.07, 6.45) is 0.360. The van der Waals surface area contributed by atoms with Crippen molar-refractivity contribution in [1.82, 2.24) is 5.32 Å². The van der Waals surface area contributed by atoms with E-state index in [0.717, 1.165) is 15.6 Å². The molecule has 0 spiro atoms. The van der Waals surface area contributed by atoms with E-state index in [1.54, 1.807) is 20.8 Å². The molecule has 28 heavy (non-hydrogen) atoms. The van der Waals surface area contributed by atoms with Crippen LogP contribution in [0, 0.1) is 0 Å². The number of benzene rings is 2. The van der Waals surface area contributed by atoms with Gasteiger partial charge in [-0.2, -0.15) is 0 Å². The molecule has 0 aliphatic carbocycles. The molecule has 0 heterocycles. The SMILES string of the molecule is CC(C)(C)OC(=O)N[C@@H](CCc1ccccc1Br)C(=O)OCc1ccccc1. The van der Waals surface area contributed by atoms with Crippen LogP contribution < -0.4 is 5.32 Å². The molecule has 2 aromatic rings. The molecule has 0 bridgehead atoms. The Morgan fingerprint density at radius 3 is 2.32 bits per heavy atom. The predicted molar refractivity (Wildman–Crippen MR) is 112 cm³/mol. The van der Waals surface area contributed by atoms with Gasteiger partial charge >= 0.3 is 12.1 Å². The Hall–Kier alpha value is -2.34. The number of amides is 1. The molecule has 0 saturated carbocycles. The van der Waals surface area contributed by atoms with Gasteiger partial charge in [0.1, 0.15) is 18.2 Å². The molecule has 0 aliphatic rings. The molecular formula is C22H26BrNO4. The van der Waals surface area contributed by atoms with Crippen molar-refractivity contribution in [2.45, 2.75) is 51.9 Å². The molecule has 2 rings (SSSR count). The summed E-state index contributed by atoms with van der Waals surface area (Å²) in [6, 6.07) is 16.4. The topological polar surface area (TPSA) is 64.6 Å². The number of esters is 1. The maximum Gasteiger partial charge on any atom is 0.408 e. The van der Waals surface area contributed by atoms with E-state index in [1.807, 2.05) is 54.6 Å². The Morgan fingerprint density at radius 1 is 1.04 bits per heavy atom. The highest BCUT2D eigenvalue weighted by molar-refractivity contribution is 9.10. The second-order valence-electron chi connectivity index (χ2n) is 7.42. The number of ether oxygens (including phenoxy) is 2. The second-order valence-corrected chi connectivity index (χ2v) is 8.28. The van der Waals surface area contributed by atoms with E-state index < -0.39 is 23.7 Å². The van der Waals surface area contributed by atoms with Gasteiger partial charge < -0.3 is 14.8 Å². The minimum absolute atomic E-state index is 0.154. The quantitative estimate of drug-likeness (QED) is 0.605. The van der Waals surface area contributed by atoms with Crippen LogP contribution in [0.3, 0.4) is 0 Å². The van der Waals surface area contributed by atoms with Gasteiger partial charge in [0.2, 0.25) is 0 Å². The Kier molecular flexibility index (Phi) is 8.05. The molecule has 2 aromatic carbocycles. The highest BCUT2D eigenvalue weighted by atomic mass is 79.9. The van der Waals surface area contributed by atoms with Crippen molar-refractivity contribution >= 4 is 28.0 Å². The van der Waals surface area contributed by atoms with Gasteiger partial charge in [-0.05, 0) is 50.8 Å². The number of halogens is 1. The summed E-state index contributed by atoms with van der Waals surface area (Å²) in [5, 5.41) is 2.65. The molecule has 0 saturated heterocycles. The van der Waals surface area contributed by atoms with E-state index in [4.69, 9.17) is 9.47 Å². The fourth-order valence-electron chi connectivity index (χ4n) is 2.53. The van der Waals surface area contributed by atoms with E-state index in [0.29, 0.717) is 12.8 Å². The lowest BCUT2D eigenvalue weighted by molar-refractivity contribution is -0.147. The fraction of sp³-hybridized carbons (Fsp3) is 0.364. The molecular weight excluding hydrogens is 422 g/mol. The van der Waals surface area contributed by atoms with Gasteiger partial charge in [-0.25, -0.2) is 9.59 Å². The Morgan fingerprint density at radius 2 is 1.68 bits per heavy atom. The summed E-state index contributed by atoms with van der Waals surface area (Å²) in [6.45, 7) is 5.48. The first-order valence-electron chi connectivity index (χ1n) is 9.18. The van der Waals surface area contributed by atoms with Crippen molar-refractivity contribution in [3.05, 3.63) is 70.2 Å². The summed E-state index contributed by atoms with van der Waals surface area (Å²) in [5.41, 5.74) is 1.29. The van der Waals surface area contributed by atoms with Gasteiger partial charge in [-0.3, -0.25) is 0 Å². The standard InChI is InChI=1S/C22H26BrNO4/c1-22(2,3)28-21(26)24-19(14-13-17-11-7-8-12-18(17)23)20(25)27-15-16-9-5-4-6-10-16/h4-12,19H,13-15H2,1-3H3,(H,24,26)/t19-/m0/s1. The zero-order valence-corrected chi connectivity index (χ0v) is 18.0. The molecule has 150 valence electrons. The number of hydrogen-bond acceptors (Lipinski definition) is 4. The zero-order valence-electron chi connectivity index (χ0n) is 16.4. The summed E-state index contributed by atoms with van der Waals surface area (Å²) < 4.78 is 11.7. The van der Waals surface area contributed by atoms with Crippen molar-refractivity contribution in [3.8, 4) is 0 Å². The molecule has 1 amide bonds. The normalized spacial score (nSPS) is 12.1. The second kappa shape index (κ2) is 10.3. The molecule has 0 unspecified atom stereocenters. The summed E-state index contributed by atoms with van der Waals surface area (Å²) in [5.74, 6) is -0.484. The molecule has 0 aliphatic heterocycles. The van der Waals surface area contributed by atoms with Crippen LogP contribution in [-0.2, 0) is 27.3 Å². The maximum atomic E-state index is 12.6. The molecule has 5 nitrogen and oxygen atoms in total. The lowest BCUT2D eigenvalue weighted by Gasteiger charge is -2.23. The Bertz CT molecular complexity index is 787. The van der Waals surface area contributed by atoms with Gasteiger partial charge in [0.05, 0.1) is 0 Å². The Balaban J connectivity index is 2.02. The lowest BCUT2D eigenvalue weighted by atomic mass is 10.1. The molecule has 0 radical (unpaired) electrons. The minimum atomic E-state index is -0.800. The number of hydrogen-bond donors (Lipinski definition) is 1. The largest absolute Gasteiger partial charge is 0.459 e. The minimum Gasteiger partial charge on any atom is -0.459 e. The monoisotopic (exact) mass is 447 g/mol. The Labute approximate surface area is 174 Å². The summed E-state index contributed by atoms with van der Waals surface area (Å²) >= 11 is 3.51. The van der Waals surface area contributed by atoms with Crippen molar-refractivity contribution < 1.29 is 19.1 Å².